The predicted octanol–water partition coefficient (Wildman–Crippen LogP) is 3.46. The number of carbonyl (C=O) groups excluding carboxylic acids is 2. The van der Waals surface area contributed by atoms with E-state index in [-0.39, 0.29) is 17.9 Å². The van der Waals surface area contributed by atoms with Crippen LogP contribution < -0.4 is 20.1 Å². The van der Waals surface area contributed by atoms with E-state index in [1.807, 2.05) is 61.5 Å². The van der Waals surface area contributed by atoms with E-state index in [0.29, 0.717) is 32.6 Å². The summed E-state index contributed by atoms with van der Waals surface area (Å²) >= 11 is 0. The summed E-state index contributed by atoms with van der Waals surface area (Å²) in [5.74, 6) is 1.64. The number of nitrogens with zero attached hydrogens (tertiary/aromatic N) is 1. The largest absolute Gasteiger partial charge is 0.494 e. The molecule has 2 aromatic carbocycles. The van der Waals surface area contributed by atoms with Crippen LogP contribution in [0, 0.1) is 0 Å². The zero-order valence-corrected chi connectivity index (χ0v) is 18.7. The molecule has 2 amide bonds. The molecule has 0 bridgehead atoms. The second-order valence-electron chi connectivity index (χ2n) is 7.89. The van der Waals surface area contributed by atoms with Crippen molar-refractivity contribution in [3.05, 3.63) is 54.6 Å². The van der Waals surface area contributed by atoms with Crippen LogP contribution >= 0.6 is 0 Å². The lowest BCUT2D eigenvalue weighted by molar-refractivity contribution is -0.123. The zero-order chi connectivity index (χ0) is 22.6. The van der Waals surface area contributed by atoms with Crippen molar-refractivity contribution in [3.8, 4) is 11.5 Å². The molecule has 7 heteroatoms. The van der Waals surface area contributed by atoms with E-state index in [9.17, 15) is 9.59 Å². The smallest absolute Gasteiger partial charge is 0.238 e. The van der Waals surface area contributed by atoms with Crippen LogP contribution in [0.4, 0.5) is 5.69 Å². The number of piperidine rings is 1. The molecule has 1 aliphatic heterocycles. The van der Waals surface area contributed by atoms with Gasteiger partial charge in [0.25, 0.3) is 0 Å². The molecule has 2 N–H and O–H groups in total. The molecular weight excluding hydrogens is 406 g/mol. The number of hydrogen-bond donors (Lipinski definition) is 2. The summed E-state index contributed by atoms with van der Waals surface area (Å²) in [5, 5.41) is 6.03. The van der Waals surface area contributed by atoms with Crippen molar-refractivity contribution >= 4 is 17.5 Å². The van der Waals surface area contributed by atoms with Crippen molar-refractivity contribution in [2.75, 3.05) is 38.2 Å². The van der Waals surface area contributed by atoms with Crippen molar-refractivity contribution in [2.45, 2.75) is 38.6 Å². The average Bonchev–Trinajstić information content (AvgIpc) is 2.80. The Labute approximate surface area is 190 Å². The Morgan fingerprint density at radius 1 is 0.938 bits per heavy atom. The Morgan fingerprint density at radius 2 is 1.59 bits per heavy atom. The second kappa shape index (κ2) is 12.7. The van der Waals surface area contributed by atoms with Crippen molar-refractivity contribution < 1.29 is 19.1 Å². The van der Waals surface area contributed by atoms with Crippen LogP contribution in [-0.4, -0.2) is 55.6 Å². The molecule has 1 fully saturated rings. The zero-order valence-electron chi connectivity index (χ0n) is 18.7. The highest BCUT2D eigenvalue weighted by Gasteiger charge is 2.22. The monoisotopic (exact) mass is 439 g/mol. The highest BCUT2D eigenvalue weighted by atomic mass is 16.5. The molecule has 0 atom stereocenters. The van der Waals surface area contributed by atoms with Crippen LogP contribution in [-0.2, 0) is 9.59 Å². The van der Waals surface area contributed by atoms with Gasteiger partial charge in [-0.25, -0.2) is 0 Å². The molecule has 32 heavy (non-hydrogen) atoms. The molecule has 0 spiro atoms. The number of ether oxygens (including phenoxy) is 2. The van der Waals surface area contributed by atoms with Crippen molar-refractivity contribution in [1.29, 1.82) is 0 Å². The van der Waals surface area contributed by atoms with Crippen LogP contribution in [0.15, 0.2) is 54.6 Å². The molecule has 2 aromatic rings. The summed E-state index contributed by atoms with van der Waals surface area (Å²) in [5.41, 5.74) is 0.811. The molecule has 0 unspecified atom stereocenters. The van der Waals surface area contributed by atoms with Gasteiger partial charge in [-0.1, -0.05) is 18.2 Å². The molecule has 0 aliphatic carbocycles. The van der Waals surface area contributed by atoms with E-state index < -0.39 is 0 Å². The second-order valence-corrected chi connectivity index (χ2v) is 7.89. The number of rotatable bonds is 11. The van der Waals surface area contributed by atoms with Gasteiger partial charge in [0, 0.05) is 31.2 Å². The average molecular weight is 440 g/mol. The lowest BCUT2D eigenvalue weighted by atomic mass is 10.0. The maximum atomic E-state index is 12.2. The van der Waals surface area contributed by atoms with Crippen LogP contribution in [0.2, 0.25) is 0 Å². The minimum atomic E-state index is -0.00813. The number of benzene rings is 2. The maximum absolute atomic E-state index is 12.2. The van der Waals surface area contributed by atoms with E-state index in [2.05, 4.69) is 15.5 Å². The van der Waals surface area contributed by atoms with Gasteiger partial charge in [0.15, 0.2) is 0 Å². The summed E-state index contributed by atoms with van der Waals surface area (Å²) in [7, 11) is 0. The molecule has 7 nitrogen and oxygen atoms in total. The standard InChI is InChI=1S/C25H33N3O4/c1-2-31-22-10-12-23(13-11-22)32-18-6-9-24(29)26-21-14-16-28(17-15-21)19-25(30)27-20-7-4-3-5-8-20/h3-5,7-8,10-13,21H,2,6,9,14-19H2,1H3,(H,26,29)(H,27,30). The van der Waals surface area contributed by atoms with E-state index in [1.165, 1.54) is 0 Å². The minimum absolute atomic E-state index is 0.00813. The summed E-state index contributed by atoms with van der Waals surface area (Å²) in [4.78, 5) is 26.6. The fourth-order valence-corrected chi connectivity index (χ4v) is 3.68. The third-order valence-corrected chi connectivity index (χ3v) is 5.33. The third-order valence-electron chi connectivity index (χ3n) is 5.33. The highest BCUT2D eigenvalue weighted by molar-refractivity contribution is 5.92. The van der Waals surface area contributed by atoms with Gasteiger partial charge in [-0.2, -0.15) is 0 Å². The summed E-state index contributed by atoms with van der Waals surface area (Å²) < 4.78 is 11.1. The van der Waals surface area contributed by atoms with Crippen molar-refractivity contribution in [2.24, 2.45) is 0 Å². The van der Waals surface area contributed by atoms with Gasteiger partial charge >= 0.3 is 0 Å². The number of carbonyl (C=O) groups is 2. The highest BCUT2D eigenvalue weighted by Crippen LogP contribution is 2.18. The van der Waals surface area contributed by atoms with E-state index >= 15 is 0 Å². The molecule has 0 saturated carbocycles. The van der Waals surface area contributed by atoms with Gasteiger partial charge in [0.1, 0.15) is 11.5 Å². The first-order valence-electron chi connectivity index (χ1n) is 11.3. The Balaban J connectivity index is 1.26. The van der Waals surface area contributed by atoms with Gasteiger partial charge < -0.3 is 20.1 Å². The van der Waals surface area contributed by atoms with Gasteiger partial charge in [0.05, 0.1) is 19.8 Å². The predicted molar refractivity (Wildman–Crippen MR) is 125 cm³/mol. The van der Waals surface area contributed by atoms with E-state index in [0.717, 1.165) is 43.1 Å². The van der Waals surface area contributed by atoms with Crippen LogP contribution in [0.1, 0.15) is 32.6 Å². The number of nitrogens with one attached hydrogen (secondary N) is 2. The Morgan fingerprint density at radius 3 is 2.25 bits per heavy atom. The van der Waals surface area contributed by atoms with Gasteiger partial charge in [-0.15, -0.1) is 0 Å². The fraction of sp³-hybridized carbons (Fsp3) is 0.440. The Kier molecular flexibility index (Phi) is 9.37. The first-order chi connectivity index (χ1) is 15.6. The number of para-hydroxylation sites is 1. The quantitative estimate of drug-likeness (QED) is 0.524. The SMILES string of the molecule is CCOc1ccc(OCCCC(=O)NC2CCN(CC(=O)Nc3ccccc3)CC2)cc1. The molecular formula is C25H33N3O4. The van der Waals surface area contributed by atoms with Crippen LogP contribution in [0.3, 0.4) is 0 Å². The number of hydrogen-bond acceptors (Lipinski definition) is 5. The summed E-state index contributed by atoms with van der Waals surface area (Å²) in [6.45, 7) is 5.05. The number of likely N-dealkylation sites (tertiary alicyclic amines) is 1. The lowest BCUT2D eigenvalue weighted by Crippen LogP contribution is -2.46. The molecule has 1 aliphatic rings. The molecule has 3 rings (SSSR count). The van der Waals surface area contributed by atoms with Gasteiger partial charge in [-0.3, -0.25) is 14.5 Å². The van der Waals surface area contributed by atoms with E-state index in [1.54, 1.807) is 0 Å². The lowest BCUT2D eigenvalue weighted by Gasteiger charge is -2.31. The first-order valence-corrected chi connectivity index (χ1v) is 11.3. The minimum Gasteiger partial charge on any atom is -0.494 e. The summed E-state index contributed by atoms with van der Waals surface area (Å²) in [6, 6.07) is 17.1. The molecule has 0 aromatic heterocycles. The molecule has 1 heterocycles. The first kappa shape index (κ1) is 23.6. The third kappa shape index (κ3) is 8.23. The fourth-order valence-electron chi connectivity index (χ4n) is 3.68. The number of amides is 2. The molecule has 0 radical (unpaired) electrons. The van der Waals surface area contributed by atoms with E-state index in [4.69, 9.17) is 9.47 Å². The Hall–Kier alpha value is -3.06. The summed E-state index contributed by atoms with van der Waals surface area (Å²) in [6.07, 6.45) is 2.81. The van der Waals surface area contributed by atoms with Crippen molar-refractivity contribution in [3.63, 3.8) is 0 Å². The Bertz CT molecular complexity index is 834. The normalized spacial score (nSPS) is 14.5. The van der Waals surface area contributed by atoms with Crippen LogP contribution in [0.5, 0.6) is 11.5 Å². The molecule has 1 saturated heterocycles. The molecule has 172 valence electrons. The van der Waals surface area contributed by atoms with Gasteiger partial charge in [0.2, 0.25) is 11.8 Å². The maximum Gasteiger partial charge on any atom is 0.238 e. The van der Waals surface area contributed by atoms with Gasteiger partial charge in [-0.05, 0) is 62.6 Å². The number of anilines is 1. The van der Waals surface area contributed by atoms with Crippen LogP contribution in [0.25, 0.3) is 0 Å². The van der Waals surface area contributed by atoms with Crippen molar-refractivity contribution in [1.82, 2.24) is 10.2 Å². The topological polar surface area (TPSA) is 79.9 Å².